The van der Waals surface area contributed by atoms with Gasteiger partial charge in [-0.2, -0.15) is 0 Å². The van der Waals surface area contributed by atoms with Gasteiger partial charge >= 0.3 is 0 Å². The summed E-state index contributed by atoms with van der Waals surface area (Å²) in [5, 5.41) is 3.08. The fourth-order valence-corrected chi connectivity index (χ4v) is 1.77. The molecule has 1 aromatic carbocycles. The molecular formula is C12H15BrFNO. The van der Waals surface area contributed by atoms with Crippen LogP contribution in [0, 0.1) is 11.7 Å². The number of carbonyl (C=O) groups excluding carboxylic acids is 1. The number of Topliss-reactive ketones (excluding diaryl/α,β-unsaturated/α-hetero) is 1. The highest BCUT2D eigenvalue weighted by Gasteiger charge is 2.18. The highest BCUT2D eigenvalue weighted by atomic mass is 79.9. The van der Waals surface area contributed by atoms with E-state index in [0.29, 0.717) is 11.0 Å². The van der Waals surface area contributed by atoms with Crippen molar-refractivity contribution < 1.29 is 9.18 Å². The monoisotopic (exact) mass is 287 g/mol. The minimum Gasteiger partial charge on any atom is -0.316 e. The molecule has 4 heteroatoms. The van der Waals surface area contributed by atoms with E-state index in [0.717, 1.165) is 6.54 Å². The van der Waals surface area contributed by atoms with Crippen LogP contribution < -0.4 is 5.32 Å². The van der Waals surface area contributed by atoms with E-state index in [1.165, 1.54) is 12.1 Å². The Morgan fingerprint density at radius 1 is 1.56 bits per heavy atom. The number of hydrogen-bond acceptors (Lipinski definition) is 2. The molecule has 0 heterocycles. The first-order valence-corrected chi connectivity index (χ1v) is 6.05. The normalized spacial score (nSPS) is 12.5. The topological polar surface area (TPSA) is 29.1 Å². The standard InChI is InChI=1S/C12H15BrFNO/c1-3-15-7-8(2)12(16)10-6-9(13)4-5-11(10)14/h4-6,8,15H,3,7H2,1-2H3. The largest absolute Gasteiger partial charge is 0.316 e. The van der Waals surface area contributed by atoms with Crippen LogP contribution in [0.2, 0.25) is 0 Å². The van der Waals surface area contributed by atoms with Gasteiger partial charge in [-0.3, -0.25) is 4.79 Å². The van der Waals surface area contributed by atoms with Gasteiger partial charge in [0.2, 0.25) is 0 Å². The lowest BCUT2D eigenvalue weighted by Gasteiger charge is -2.11. The van der Waals surface area contributed by atoms with Crippen molar-refractivity contribution in [3.8, 4) is 0 Å². The predicted molar refractivity (Wildman–Crippen MR) is 66.1 cm³/mol. The Bertz CT molecular complexity index is 381. The van der Waals surface area contributed by atoms with Gasteiger partial charge < -0.3 is 5.32 Å². The molecule has 0 aliphatic rings. The Labute approximate surface area is 103 Å². The molecule has 2 nitrogen and oxygen atoms in total. The van der Waals surface area contributed by atoms with E-state index in [1.807, 2.05) is 6.92 Å². The zero-order valence-electron chi connectivity index (χ0n) is 9.39. The third-order valence-electron chi connectivity index (χ3n) is 2.34. The molecule has 0 amide bonds. The van der Waals surface area contributed by atoms with Crippen LogP contribution in [0.5, 0.6) is 0 Å². The molecular weight excluding hydrogens is 273 g/mol. The van der Waals surface area contributed by atoms with Crippen molar-refractivity contribution in [1.82, 2.24) is 5.32 Å². The Morgan fingerprint density at radius 3 is 2.88 bits per heavy atom. The minimum absolute atomic E-state index is 0.153. The number of ketones is 1. The number of rotatable bonds is 5. The molecule has 1 rings (SSSR count). The van der Waals surface area contributed by atoms with Crippen molar-refractivity contribution in [2.24, 2.45) is 5.92 Å². The highest BCUT2D eigenvalue weighted by Crippen LogP contribution is 2.18. The quantitative estimate of drug-likeness (QED) is 0.844. The first kappa shape index (κ1) is 13.3. The fourth-order valence-electron chi connectivity index (χ4n) is 1.41. The molecule has 1 atom stereocenters. The molecule has 0 aromatic heterocycles. The van der Waals surface area contributed by atoms with E-state index in [2.05, 4.69) is 21.2 Å². The predicted octanol–water partition coefficient (Wildman–Crippen LogP) is 3.02. The average Bonchev–Trinajstić information content (AvgIpc) is 2.28. The smallest absolute Gasteiger partial charge is 0.169 e. The maximum Gasteiger partial charge on any atom is 0.169 e. The van der Waals surface area contributed by atoms with Crippen molar-refractivity contribution in [3.05, 3.63) is 34.1 Å². The van der Waals surface area contributed by atoms with Crippen LogP contribution in [0.15, 0.2) is 22.7 Å². The summed E-state index contributed by atoms with van der Waals surface area (Å²) in [6, 6.07) is 4.42. The maximum absolute atomic E-state index is 13.4. The fraction of sp³-hybridized carbons (Fsp3) is 0.417. The Morgan fingerprint density at radius 2 is 2.25 bits per heavy atom. The zero-order chi connectivity index (χ0) is 12.1. The summed E-state index contributed by atoms with van der Waals surface area (Å²) >= 11 is 3.23. The summed E-state index contributed by atoms with van der Waals surface area (Å²) < 4.78 is 14.2. The Balaban J connectivity index is 2.83. The number of carbonyl (C=O) groups is 1. The van der Waals surface area contributed by atoms with Crippen LogP contribution in [0.1, 0.15) is 24.2 Å². The molecule has 0 bridgehead atoms. The molecule has 0 radical (unpaired) electrons. The van der Waals surface area contributed by atoms with Crippen LogP contribution in [0.4, 0.5) is 4.39 Å². The first-order valence-electron chi connectivity index (χ1n) is 5.26. The Kier molecular flexibility index (Phi) is 5.09. The summed E-state index contributed by atoms with van der Waals surface area (Å²) in [6.45, 7) is 5.14. The molecule has 0 aliphatic carbocycles. The third-order valence-corrected chi connectivity index (χ3v) is 2.84. The average molecular weight is 288 g/mol. The minimum atomic E-state index is -0.462. The number of benzene rings is 1. The van der Waals surface area contributed by atoms with Crippen LogP contribution >= 0.6 is 15.9 Å². The van der Waals surface area contributed by atoms with E-state index in [4.69, 9.17) is 0 Å². The second-order valence-electron chi connectivity index (χ2n) is 3.70. The number of nitrogens with one attached hydrogen (secondary N) is 1. The van der Waals surface area contributed by atoms with Crippen molar-refractivity contribution in [2.45, 2.75) is 13.8 Å². The van der Waals surface area contributed by atoms with E-state index in [1.54, 1.807) is 13.0 Å². The molecule has 0 fully saturated rings. The van der Waals surface area contributed by atoms with Crippen LogP contribution in [0.25, 0.3) is 0 Å². The van der Waals surface area contributed by atoms with Gasteiger partial charge in [0.1, 0.15) is 5.82 Å². The lowest BCUT2D eigenvalue weighted by Crippen LogP contribution is -2.26. The van der Waals surface area contributed by atoms with Crippen molar-refractivity contribution in [2.75, 3.05) is 13.1 Å². The molecule has 0 spiro atoms. The van der Waals surface area contributed by atoms with Gasteiger partial charge in [-0.15, -0.1) is 0 Å². The summed E-state index contributed by atoms with van der Waals surface area (Å²) in [6.07, 6.45) is 0. The molecule has 88 valence electrons. The van der Waals surface area contributed by atoms with E-state index in [9.17, 15) is 9.18 Å². The summed E-state index contributed by atoms with van der Waals surface area (Å²) in [4.78, 5) is 11.9. The second kappa shape index (κ2) is 6.11. The highest BCUT2D eigenvalue weighted by molar-refractivity contribution is 9.10. The number of halogens is 2. The molecule has 0 saturated carbocycles. The molecule has 1 N–H and O–H groups in total. The zero-order valence-corrected chi connectivity index (χ0v) is 11.0. The van der Waals surface area contributed by atoms with Gasteiger partial charge in [0, 0.05) is 16.9 Å². The van der Waals surface area contributed by atoms with Crippen molar-refractivity contribution in [3.63, 3.8) is 0 Å². The summed E-state index contributed by atoms with van der Waals surface area (Å²) in [7, 11) is 0. The van der Waals surface area contributed by atoms with Gasteiger partial charge in [-0.25, -0.2) is 4.39 Å². The van der Waals surface area contributed by atoms with Gasteiger partial charge in [0.25, 0.3) is 0 Å². The third kappa shape index (κ3) is 3.39. The second-order valence-corrected chi connectivity index (χ2v) is 4.61. The summed E-state index contributed by atoms with van der Waals surface area (Å²) in [5.74, 6) is -0.847. The van der Waals surface area contributed by atoms with E-state index in [-0.39, 0.29) is 17.3 Å². The molecule has 0 saturated heterocycles. The Hall–Kier alpha value is -0.740. The van der Waals surface area contributed by atoms with Crippen LogP contribution in [0.3, 0.4) is 0 Å². The van der Waals surface area contributed by atoms with Gasteiger partial charge in [-0.1, -0.05) is 29.8 Å². The number of hydrogen-bond donors (Lipinski definition) is 1. The molecule has 16 heavy (non-hydrogen) atoms. The maximum atomic E-state index is 13.4. The van der Waals surface area contributed by atoms with Gasteiger partial charge in [0.15, 0.2) is 5.78 Å². The lowest BCUT2D eigenvalue weighted by atomic mass is 9.99. The lowest BCUT2D eigenvalue weighted by molar-refractivity contribution is 0.0925. The van der Waals surface area contributed by atoms with E-state index < -0.39 is 5.82 Å². The van der Waals surface area contributed by atoms with Crippen LogP contribution in [-0.4, -0.2) is 18.9 Å². The summed E-state index contributed by atoms with van der Waals surface area (Å²) in [5.41, 5.74) is 0.153. The SMILES string of the molecule is CCNCC(C)C(=O)c1cc(Br)ccc1F. The van der Waals surface area contributed by atoms with Crippen molar-refractivity contribution in [1.29, 1.82) is 0 Å². The van der Waals surface area contributed by atoms with Gasteiger partial charge in [0.05, 0.1) is 5.56 Å². The molecule has 1 unspecified atom stereocenters. The van der Waals surface area contributed by atoms with Crippen LogP contribution in [-0.2, 0) is 0 Å². The van der Waals surface area contributed by atoms with E-state index >= 15 is 0 Å². The van der Waals surface area contributed by atoms with Gasteiger partial charge in [-0.05, 0) is 24.7 Å². The molecule has 0 aliphatic heterocycles. The first-order chi connectivity index (χ1) is 7.56. The van der Waals surface area contributed by atoms with Crippen molar-refractivity contribution >= 4 is 21.7 Å². The molecule has 1 aromatic rings.